The molecule has 2 aromatic heterocycles. The fourth-order valence-electron chi connectivity index (χ4n) is 3.57. The molecule has 2 aromatic carbocycles. The molecule has 2 heterocycles. The molecule has 0 atom stereocenters. The fraction of sp³-hybridized carbons (Fsp3) is 0.136. The number of carbonyl (C=O) groups excluding carboxylic acids is 2. The van der Waals surface area contributed by atoms with Gasteiger partial charge in [-0.25, -0.2) is 14.3 Å². The van der Waals surface area contributed by atoms with Gasteiger partial charge in [0.1, 0.15) is 0 Å². The fourth-order valence-corrected chi connectivity index (χ4v) is 3.57. The Morgan fingerprint density at radius 3 is 2.76 bits per heavy atom. The van der Waals surface area contributed by atoms with Crippen LogP contribution in [0.2, 0.25) is 0 Å². The Hall–Kier alpha value is -3.87. The van der Waals surface area contributed by atoms with Crippen molar-refractivity contribution in [2.45, 2.75) is 13.3 Å². The molecule has 1 aliphatic rings. The van der Waals surface area contributed by atoms with Crippen molar-refractivity contribution >= 4 is 17.5 Å². The Morgan fingerprint density at radius 1 is 1.07 bits per heavy atom. The summed E-state index contributed by atoms with van der Waals surface area (Å²) in [6.45, 7) is 1.45. The molecular formula is C22H16N4O3. The highest BCUT2D eigenvalue weighted by Crippen LogP contribution is 2.36. The lowest BCUT2D eigenvalue weighted by atomic mass is 10.0. The van der Waals surface area contributed by atoms with Crippen molar-refractivity contribution in [1.29, 1.82) is 0 Å². The van der Waals surface area contributed by atoms with Crippen molar-refractivity contribution < 1.29 is 14.3 Å². The summed E-state index contributed by atoms with van der Waals surface area (Å²) in [6.07, 6.45) is 2.45. The minimum Gasteiger partial charge on any atom is -0.451 e. The van der Waals surface area contributed by atoms with Gasteiger partial charge in [-0.3, -0.25) is 4.79 Å². The van der Waals surface area contributed by atoms with Crippen LogP contribution in [0, 0.1) is 6.92 Å². The van der Waals surface area contributed by atoms with Gasteiger partial charge in [0.25, 0.3) is 11.6 Å². The lowest BCUT2D eigenvalue weighted by Gasteiger charge is -2.06. The monoisotopic (exact) mass is 384 g/mol. The van der Waals surface area contributed by atoms with Gasteiger partial charge in [-0.1, -0.05) is 36.4 Å². The minimum atomic E-state index is -0.755. The maximum Gasteiger partial charge on any atom is 0.378 e. The molecule has 0 aliphatic heterocycles. The number of aryl methyl sites for hydroxylation is 1. The first-order valence-corrected chi connectivity index (χ1v) is 9.20. The minimum absolute atomic E-state index is 0.123. The summed E-state index contributed by atoms with van der Waals surface area (Å²) in [6, 6.07) is 15.5. The number of hydrogen-bond acceptors (Lipinski definition) is 6. The normalized spacial score (nSPS) is 11.9. The third kappa shape index (κ3) is 2.97. The number of ketones is 1. The van der Waals surface area contributed by atoms with Crippen LogP contribution in [-0.2, 0) is 11.2 Å². The van der Waals surface area contributed by atoms with Gasteiger partial charge in [0, 0.05) is 17.5 Å². The molecule has 29 heavy (non-hydrogen) atoms. The molecule has 142 valence electrons. The summed E-state index contributed by atoms with van der Waals surface area (Å²) in [5, 5.41) is 4.09. The van der Waals surface area contributed by atoms with E-state index in [0.717, 1.165) is 23.2 Å². The summed E-state index contributed by atoms with van der Waals surface area (Å²) in [7, 11) is 0. The number of fused-ring (bicyclic) bond motifs is 4. The van der Waals surface area contributed by atoms with Crippen LogP contribution in [0.5, 0.6) is 0 Å². The van der Waals surface area contributed by atoms with Crippen LogP contribution < -0.4 is 0 Å². The van der Waals surface area contributed by atoms with Gasteiger partial charge in [0.2, 0.25) is 0 Å². The number of esters is 1. The summed E-state index contributed by atoms with van der Waals surface area (Å²) in [4.78, 5) is 33.0. The Morgan fingerprint density at radius 2 is 1.90 bits per heavy atom. The van der Waals surface area contributed by atoms with Gasteiger partial charge in [0.05, 0.1) is 0 Å². The standard InChI is InChI=1S/C22H16N4O3/c1-13-8-9-23-22-24-20(25-26(13)22)21(28)29-12-19(27)16-7-6-15-10-14-4-2-3-5-17(14)18(15)11-16/h2-9,11H,10,12H2,1H3. The van der Waals surface area contributed by atoms with Gasteiger partial charge in [0.15, 0.2) is 12.4 Å². The smallest absolute Gasteiger partial charge is 0.378 e. The van der Waals surface area contributed by atoms with E-state index in [4.69, 9.17) is 4.74 Å². The number of Topliss-reactive ketones (excluding diaryl/α,β-unsaturated/α-hetero) is 1. The zero-order valence-corrected chi connectivity index (χ0v) is 15.6. The molecule has 7 nitrogen and oxygen atoms in total. The van der Waals surface area contributed by atoms with E-state index >= 15 is 0 Å². The average Bonchev–Trinajstić information content (AvgIpc) is 3.33. The number of ether oxygens (including phenoxy) is 1. The predicted molar refractivity (Wildman–Crippen MR) is 105 cm³/mol. The number of nitrogens with zero attached hydrogens (tertiary/aromatic N) is 4. The molecular weight excluding hydrogens is 368 g/mol. The van der Waals surface area contributed by atoms with E-state index < -0.39 is 5.97 Å². The van der Waals surface area contributed by atoms with E-state index in [1.807, 2.05) is 31.2 Å². The highest BCUT2D eigenvalue weighted by molar-refractivity contribution is 6.00. The van der Waals surface area contributed by atoms with Crippen molar-refractivity contribution in [3.05, 3.63) is 82.9 Å². The van der Waals surface area contributed by atoms with E-state index in [1.165, 1.54) is 15.6 Å². The Labute approximate surface area is 166 Å². The second kappa shape index (κ2) is 6.63. The van der Waals surface area contributed by atoms with Gasteiger partial charge in [-0.2, -0.15) is 4.98 Å². The molecule has 0 radical (unpaired) electrons. The second-order valence-corrected chi connectivity index (χ2v) is 6.94. The molecule has 0 N–H and O–H groups in total. The molecule has 7 heteroatoms. The largest absolute Gasteiger partial charge is 0.451 e. The van der Waals surface area contributed by atoms with Crippen molar-refractivity contribution in [3.63, 3.8) is 0 Å². The zero-order chi connectivity index (χ0) is 20.0. The second-order valence-electron chi connectivity index (χ2n) is 6.94. The van der Waals surface area contributed by atoms with Crippen LogP contribution in [0.4, 0.5) is 0 Å². The van der Waals surface area contributed by atoms with Crippen LogP contribution in [0.15, 0.2) is 54.7 Å². The Bertz CT molecular complexity index is 1290. The Kier molecular flexibility index (Phi) is 3.94. The topological polar surface area (TPSA) is 86.5 Å². The number of benzene rings is 2. The van der Waals surface area contributed by atoms with Crippen LogP contribution >= 0.6 is 0 Å². The van der Waals surface area contributed by atoms with Crippen LogP contribution in [0.3, 0.4) is 0 Å². The van der Waals surface area contributed by atoms with Crippen molar-refractivity contribution in [2.24, 2.45) is 0 Å². The highest BCUT2D eigenvalue weighted by atomic mass is 16.5. The first-order valence-electron chi connectivity index (χ1n) is 9.20. The molecule has 5 rings (SSSR count). The lowest BCUT2D eigenvalue weighted by molar-refractivity contribution is 0.0463. The van der Waals surface area contributed by atoms with E-state index in [0.29, 0.717) is 11.3 Å². The van der Waals surface area contributed by atoms with Gasteiger partial charge in [-0.05, 0) is 47.7 Å². The molecule has 0 saturated carbocycles. The van der Waals surface area contributed by atoms with Crippen molar-refractivity contribution in [1.82, 2.24) is 19.6 Å². The first kappa shape index (κ1) is 17.2. The van der Waals surface area contributed by atoms with Crippen LogP contribution in [0.1, 0.15) is 37.8 Å². The lowest BCUT2D eigenvalue weighted by Crippen LogP contribution is -2.15. The summed E-state index contributed by atoms with van der Waals surface area (Å²) >= 11 is 0. The number of hydrogen-bond donors (Lipinski definition) is 0. The van der Waals surface area contributed by atoms with Crippen LogP contribution in [0.25, 0.3) is 16.9 Å². The van der Waals surface area contributed by atoms with Gasteiger partial charge >= 0.3 is 5.97 Å². The van der Waals surface area contributed by atoms with E-state index in [1.54, 1.807) is 18.3 Å². The number of aromatic nitrogens is 4. The number of carbonyl (C=O) groups is 2. The maximum atomic E-state index is 12.6. The predicted octanol–water partition coefficient (Wildman–Crippen LogP) is 3.04. The molecule has 4 aromatic rings. The first-order chi connectivity index (χ1) is 14.1. The van der Waals surface area contributed by atoms with Gasteiger partial charge in [-0.15, -0.1) is 5.10 Å². The van der Waals surface area contributed by atoms with E-state index in [9.17, 15) is 9.59 Å². The molecule has 0 unspecified atom stereocenters. The Balaban J connectivity index is 1.32. The zero-order valence-electron chi connectivity index (χ0n) is 15.6. The maximum absolute atomic E-state index is 12.6. The third-order valence-corrected chi connectivity index (χ3v) is 5.07. The highest BCUT2D eigenvalue weighted by Gasteiger charge is 2.21. The summed E-state index contributed by atoms with van der Waals surface area (Å²) < 4.78 is 6.60. The van der Waals surface area contributed by atoms with Crippen molar-refractivity contribution in [2.75, 3.05) is 6.61 Å². The quantitative estimate of drug-likeness (QED) is 0.350. The molecule has 0 bridgehead atoms. The molecule has 0 saturated heterocycles. The molecule has 0 amide bonds. The summed E-state index contributed by atoms with van der Waals surface area (Å²) in [5.74, 6) is -0.846. The SMILES string of the molecule is Cc1ccnc2nc(C(=O)OCC(=O)c3ccc4c(c3)-c3ccccc3C4)nn12. The number of rotatable bonds is 4. The van der Waals surface area contributed by atoms with Gasteiger partial charge < -0.3 is 4.74 Å². The third-order valence-electron chi connectivity index (χ3n) is 5.07. The molecule has 0 fully saturated rings. The van der Waals surface area contributed by atoms with Crippen molar-refractivity contribution in [3.8, 4) is 11.1 Å². The molecule has 1 aliphatic carbocycles. The molecule has 0 spiro atoms. The van der Waals surface area contributed by atoms with E-state index in [-0.39, 0.29) is 18.2 Å². The van der Waals surface area contributed by atoms with E-state index in [2.05, 4.69) is 27.2 Å². The summed E-state index contributed by atoms with van der Waals surface area (Å²) in [5.41, 5.74) is 5.94. The average molecular weight is 384 g/mol. The van der Waals surface area contributed by atoms with Crippen LogP contribution in [-0.4, -0.2) is 37.9 Å².